The molecule has 0 unspecified atom stereocenters. The van der Waals surface area contributed by atoms with Crippen LogP contribution in [0.5, 0.6) is 5.75 Å². The van der Waals surface area contributed by atoms with Crippen molar-refractivity contribution < 1.29 is 4.74 Å². The van der Waals surface area contributed by atoms with Gasteiger partial charge in [0.25, 0.3) is 0 Å². The predicted molar refractivity (Wildman–Crippen MR) is 60.8 cm³/mol. The summed E-state index contributed by atoms with van der Waals surface area (Å²) >= 11 is 0. The van der Waals surface area contributed by atoms with Crippen molar-refractivity contribution in [3.05, 3.63) is 29.8 Å². The maximum Gasteiger partial charge on any atom is 0.123 e. The number of ether oxygens (including phenoxy) is 1. The van der Waals surface area contributed by atoms with E-state index in [2.05, 4.69) is 0 Å². The zero-order chi connectivity index (χ0) is 9.68. The molecule has 0 saturated heterocycles. The van der Waals surface area contributed by atoms with Gasteiger partial charge in [-0.2, -0.15) is 0 Å². The van der Waals surface area contributed by atoms with E-state index in [9.17, 15) is 0 Å². The Morgan fingerprint density at radius 1 is 1.36 bits per heavy atom. The van der Waals surface area contributed by atoms with Crippen molar-refractivity contribution in [2.45, 2.75) is 12.5 Å². The number of benzene rings is 1. The average molecular weight is 217 g/mol. The third kappa shape index (κ3) is 3.18. The van der Waals surface area contributed by atoms with E-state index in [1.54, 1.807) is 7.11 Å². The molecular formula is C10H17ClN2O. The molecule has 0 saturated carbocycles. The lowest BCUT2D eigenvalue weighted by atomic mass is 10.0. The fourth-order valence-corrected chi connectivity index (χ4v) is 1.31. The molecule has 0 radical (unpaired) electrons. The second-order valence-corrected chi connectivity index (χ2v) is 2.93. The SMILES string of the molecule is COc1ccccc1[C@@H](N)CCN.Cl. The minimum Gasteiger partial charge on any atom is -0.496 e. The second kappa shape index (κ2) is 6.65. The molecule has 80 valence electrons. The number of rotatable bonds is 4. The highest BCUT2D eigenvalue weighted by molar-refractivity contribution is 5.85. The normalized spacial score (nSPS) is 11.6. The Morgan fingerprint density at radius 2 is 2.00 bits per heavy atom. The van der Waals surface area contributed by atoms with Gasteiger partial charge in [-0.3, -0.25) is 0 Å². The lowest BCUT2D eigenvalue weighted by Gasteiger charge is -2.14. The van der Waals surface area contributed by atoms with E-state index in [-0.39, 0.29) is 18.4 Å². The third-order valence-corrected chi connectivity index (χ3v) is 2.02. The van der Waals surface area contributed by atoms with E-state index in [1.165, 1.54) is 0 Å². The lowest BCUT2D eigenvalue weighted by molar-refractivity contribution is 0.404. The Bertz CT molecular complexity index is 268. The molecule has 14 heavy (non-hydrogen) atoms. The van der Waals surface area contributed by atoms with Crippen LogP contribution in [-0.2, 0) is 0 Å². The standard InChI is InChI=1S/C10H16N2O.ClH/c1-13-10-5-3-2-4-8(10)9(12)6-7-11;/h2-5,9H,6-7,11-12H2,1H3;1H/t9-;/m0./s1. The molecular weight excluding hydrogens is 200 g/mol. The van der Waals surface area contributed by atoms with Gasteiger partial charge in [-0.05, 0) is 19.0 Å². The van der Waals surface area contributed by atoms with Gasteiger partial charge in [-0.1, -0.05) is 18.2 Å². The van der Waals surface area contributed by atoms with Crippen molar-refractivity contribution in [1.29, 1.82) is 0 Å². The molecule has 4 heteroatoms. The smallest absolute Gasteiger partial charge is 0.123 e. The Labute approximate surface area is 90.8 Å². The molecule has 1 aromatic carbocycles. The van der Waals surface area contributed by atoms with Crippen molar-refractivity contribution >= 4 is 12.4 Å². The van der Waals surface area contributed by atoms with Gasteiger partial charge in [0, 0.05) is 11.6 Å². The highest BCUT2D eigenvalue weighted by atomic mass is 35.5. The number of nitrogens with two attached hydrogens (primary N) is 2. The lowest BCUT2D eigenvalue weighted by Crippen LogP contribution is -2.15. The summed E-state index contributed by atoms with van der Waals surface area (Å²) in [6, 6.07) is 7.73. The van der Waals surface area contributed by atoms with Crippen LogP contribution in [0.1, 0.15) is 18.0 Å². The van der Waals surface area contributed by atoms with Crippen LogP contribution in [0, 0.1) is 0 Å². The molecule has 0 amide bonds. The Kier molecular flexibility index (Phi) is 6.28. The summed E-state index contributed by atoms with van der Waals surface area (Å²) in [4.78, 5) is 0. The van der Waals surface area contributed by atoms with E-state index in [0.717, 1.165) is 17.7 Å². The van der Waals surface area contributed by atoms with Crippen molar-refractivity contribution in [1.82, 2.24) is 0 Å². The zero-order valence-corrected chi connectivity index (χ0v) is 9.09. The Hall–Kier alpha value is -0.770. The van der Waals surface area contributed by atoms with Crippen molar-refractivity contribution in [2.24, 2.45) is 11.5 Å². The van der Waals surface area contributed by atoms with E-state index >= 15 is 0 Å². The topological polar surface area (TPSA) is 61.3 Å². The molecule has 0 aliphatic carbocycles. The molecule has 0 heterocycles. The molecule has 0 fully saturated rings. The van der Waals surface area contributed by atoms with E-state index in [0.29, 0.717) is 6.54 Å². The first kappa shape index (κ1) is 13.2. The largest absolute Gasteiger partial charge is 0.496 e. The van der Waals surface area contributed by atoms with Crippen molar-refractivity contribution in [2.75, 3.05) is 13.7 Å². The van der Waals surface area contributed by atoms with Crippen molar-refractivity contribution in [3.63, 3.8) is 0 Å². The maximum atomic E-state index is 5.92. The van der Waals surface area contributed by atoms with Crippen LogP contribution in [-0.4, -0.2) is 13.7 Å². The summed E-state index contributed by atoms with van der Waals surface area (Å²) in [5.74, 6) is 0.837. The summed E-state index contributed by atoms with van der Waals surface area (Å²) < 4.78 is 5.19. The second-order valence-electron chi connectivity index (χ2n) is 2.93. The number of hydrogen-bond donors (Lipinski definition) is 2. The Morgan fingerprint density at radius 3 is 2.57 bits per heavy atom. The van der Waals surface area contributed by atoms with Gasteiger partial charge in [0.05, 0.1) is 7.11 Å². The molecule has 1 atom stereocenters. The summed E-state index contributed by atoms with van der Waals surface area (Å²) in [7, 11) is 1.65. The molecule has 0 spiro atoms. The maximum absolute atomic E-state index is 5.92. The van der Waals surface area contributed by atoms with E-state index in [1.807, 2.05) is 24.3 Å². The molecule has 1 aromatic rings. The number of hydrogen-bond acceptors (Lipinski definition) is 3. The number of para-hydroxylation sites is 1. The van der Waals surface area contributed by atoms with Crippen LogP contribution >= 0.6 is 12.4 Å². The quantitative estimate of drug-likeness (QED) is 0.801. The molecule has 4 N–H and O–H groups in total. The fraction of sp³-hybridized carbons (Fsp3) is 0.400. The van der Waals surface area contributed by atoms with Gasteiger partial charge in [0.2, 0.25) is 0 Å². The zero-order valence-electron chi connectivity index (χ0n) is 8.27. The van der Waals surface area contributed by atoms with Crippen LogP contribution < -0.4 is 16.2 Å². The van der Waals surface area contributed by atoms with Gasteiger partial charge in [-0.25, -0.2) is 0 Å². The van der Waals surface area contributed by atoms with Gasteiger partial charge in [-0.15, -0.1) is 12.4 Å². The summed E-state index contributed by atoms with van der Waals surface area (Å²) in [5.41, 5.74) is 12.4. The first-order valence-electron chi connectivity index (χ1n) is 4.38. The molecule has 0 bridgehead atoms. The van der Waals surface area contributed by atoms with E-state index in [4.69, 9.17) is 16.2 Å². The summed E-state index contributed by atoms with van der Waals surface area (Å²) in [5, 5.41) is 0. The molecule has 0 aliphatic rings. The van der Waals surface area contributed by atoms with Crippen molar-refractivity contribution in [3.8, 4) is 5.75 Å². The van der Waals surface area contributed by atoms with Crippen LogP contribution in [0.4, 0.5) is 0 Å². The minimum absolute atomic E-state index is 0. The van der Waals surface area contributed by atoms with Crippen LogP contribution in [0.3, 0.4) is 0 Å². The first-order chi connectivity index (χ1) is 6.29. The highest BCUT2D eigenvalue weighted by Gasteiger charge is 2.09. The molecule has 1 rings (SSSR count). The van der Waals surface area contributed by atoms with Gasteiger partial charge < -0.3 is 16.2 Å². The number of methoxy groups -OCH3 is 1. The van der Waals surface area contributed by atoms with Crippen LogP contribution in [0.15, 0.2) is 24.3 Å². The monoisotopic (exact) mass is 216 g/mol. The third-order valence-electron chi connectivity index (χ3n) is 2.02. The Balaban J connectivity index is 0.00000169. The molecule has 0 aromatic heterocycles. The highest BCUT2D eigenvalue weighted by Crippen LogP contribution is 2.24. The molecule has 0 aliphatic heterocycles. The summed E-state index contributed by atoms with van der Waals surface area (Å²) in [6.07, 6.45) is 0.778. The number of halogens is 1. The molecule has 3 nitrogen and oxygen atoms in total. The summed E-state index contributed by atoms with van der Waals surface area (Å²) in [6.45, 7) is 0.596. The van der Waals surface area contributed by atoms with Gasteiger partial charge >= 0.3 is 0 Å². The predicted octanol–water partition coefficient (Wildman–Crippen LogP) is 1.47. The van der Waals surface area contributed by atoms with Gasteiger partial charge in [0.15, 0.2) is 0 Å². The minimum atomic E-state index is -0.0267. The fourth-order valence-electron chi connectivity index (χ4n) is 1.31. The van der Waals surface area contributed by atoms with Gasteiger partial charge in [0.1, 0.15) is 5.75 Å². The van der Waals surface area contributed by atoms with Crippen LogP contribution in [0.2, 0.25) is 0 Å². The first-order valence-corrected chi connectivity index (χ1v) is 4.38. The van der Waals surface area contributed by atoms with E-state index < -0.39 is 0 Å². The average Bonchev–Trinajstić information content (AvgIpc) is 2.18. The van der Waals surface area contributed by atoms with Crippen LogP contribution in [0.25, 0.3) is 0 Å².